The lowest BCUT2D eigenvalue weighted by molar-refractivity contribution is 0.0697. The van der Waals surface area contributed by atoms with Crippen molar-refractivity contribution in [2.24, 2.45) is 11.1 Å². The van der Waals surface area contributed by atoms with E-state index in [1.54, 1.807) is 0 Å². The van der Waals surface area contributed by atoms with Gasteiger partial charge in [0.15, 0.2) is 0 Å². The Morgan fingerprint density at radius 3 is 2.85 bits per heavy atom. The van der Waals surface area contributed by atoms with Crippen LogP contribution in [-0.2, 0) is 25.6 Å². The van der Waals surface area contributed by atoms with Gasteiger partial charge in [-0.15, -0.1) is 11.3 Å². The van der Waals surface area contributed by atoms with Crippen molar-refractivity contribution in [3.8, 4) is 0 Å². The molecule has 0 spiro atoms. The molecule has 40 heavy (non-hydrogen) atoms. The van der Waals surface area contributed by atoms with E-state index < -0.39 is 22.3 Å². The third kappa shape index (κ3) is 5.83. The molecule has 6 rings (SSSR count). The van der Waals surface area contributed by atoms with Crippen LogP contribution >= 0.6 is 11.3 Å². The summed E-state index contributed by atoms with van der Waals surface area (Å²) >= 11 is 1.43. The van der Waals surface area contributed by atoms with Crippen LogP contribution in [-0.4, -0.2) is 54.6 Å². The summed E-state index contributed by atoms with van der Waals surface area (Å²) in [6, 6.07) is 8.47. The van der Waals surface area contributed by atoms with Gasteiger partial charge >= 0.3 is 10.3 Å². The van der Waals surface area contributed by atoms with Gasteiger partial charge in [-0.05, 0) is 73.3 Å². The average Bonchev–Trinajstić information content (AvgIpc) is 3.62. The lowest BCUT2D eigenvalue weighted by atomic mass is 9.90. The van der Waals surface area contributed by atoms with Crippen LogP contribution in [0.3, 0.4) is 0 Å². The molecule has 2 aromatic heterocycles. The molecule has 3 aromatic rings. The Morgan fingerprint density at radius 1 is 1.25 bits per heavy atom. The van der Waals surface area contributed by atoms with Crippen LogP contribution in [0.5, 0.6) is 0 Å². The van der Waals surface area contributed by atoms with Crippen molar-refractivity contribution in [3.63, 3.8) is 0 Å². The first-order valence-corrected chi connectivity index (χ1v) is 15.8. The summed E-state index contributed by atoms with van der Waals surface area (Å²) in [5.41, 5.74) is 5.20. The van der Waals surface area contributed by atoms with E-state index in [0.717, 1.165) is 16.9 Å². The fourth-order valence-electron chi connectivity index (χ4n) is 5.78. The molecule has 3 aliphatic rings. The first-order valence-electron chi connectivity index (χ1n) is 13.5. The zero-order valence-corrected chi connectivity index (χ0v) is 23.7. The molecule has 4 atom stereocenters. The van der Waals surface area contributed by atoms with Gasteiger partial charge in [0.1, 0.15) is 18.2 Å². The molecule has 0 unspecified atom stereocenters. The number of anilines is 1. The van der Waals surface area contributed by atoms with Crippen molar-refractivity contribution in [3.05, 3.63) is 74.4 Å². The molecule has 1 aromatic carbocycles. The summed E-state index contributed by atoms with van der Waals surface area (Å²) in [5.74, 6) is 0.400. The van der Waals surface area contributed by atoms with Crippen molar-refractivity contribution in [2.75, 3.05) is 18.5 Å². The van der Waals surface area contributed by atoms with Crippen molar-refractivity contribution >= 4 is 33.2 Å². The van der Waals surface area contributed by atoms with Crippen molar-refractivity contribution in [1.29, 1.82) is 0 Å². The molecule has 10 nitrogen and oxygen atoms in total. The van der Waals surface area contributed by atoms with Gasteiger partial charge in [-0.25, -0.2) is 15.1 Å². The number of nitrogens with two attached hydrogens (primary N) is 1. The van der Waals surface area contributed by atoms with Crippen LogP contribution < -0.4 is 10.5 Å². The Morgan fingerprint density at radius 2 is 2.08 bits per heavy atom. The third-order valence-corrected chi connectivity index (χ3v) is 9.55. The van der Waals surface area contributed by atoms with E-state index in [9.17, 15) is 18.3 Å². The van der Waals surface area contributed by atoms with E-state index in [1.807, 2.05) is 13.0 Å². The van der Waals surface area contributed by atoms with Gasteiger partial charge in [0.05, 0.1) is 29.8 Å². The number of hydrogen-bond acceptors (Lipinski definition) is 10. The highest BCUT2D eigenvalue weighted by Crippen LogP contribution is 2.44. The largest absolute Gasteiger partial charge is 0.393 e. The lowest BCUT2D eigenvalue weighted by Gasteiger charge is -2.27. The summed E-state index contributed by atoms with van der Waals surface area (Å²) in [4.78, 5) is 23.7. The Hall–Kier alpha value is -2.74. The van der Waals surface area contributed by atoms with Gasteiger partial charge in [0.25, 0.3) is 0 Å². The second kappa shape index (κ2) is 10.9. The highest BCUT2D eigenvalue weighted by molar-refractivity contribution is 7.84. The Balaban J connectivity index is 1.21. The van der Waals surface area contributed by atoms with Gasteiger partial charge < -0.3 is 15.2 Å². The number of thiophene rings is 1. The first kappa shape index (κ1) is 27.4. The molecule has 3 heterocycles. The maximum atomic E-state index is 13.7. The standard InChI is InChI=1S/C28H32N4O6S2/c1-15-21(27-22-9-18(16-2-3-16)5-4-17(22)6-7-37-27)11-25(39-15)26(34)23-12-30-14-31-28(23)32-20-8-19(24(33)10-20)13-38-40(29,35)36/h4-5,9,11-12,14,16,19-20,24,27,33H,2-3,6-8,10,13H2,1H3,(H2,29,35,36)(H,30,31,32)/t19-,20-,24+,27+/m1/s1. The molecule has 0 bridgehead atoms. The van der Waals surface area contributed by atoms with Crippen molar-refractivity contribution in [1.82, 2.24) is 9.97 Å². The summed E-state index contributed by atoms with van der Waals surface area (Å²) in [6.07, 6.45) is 6.00. The van der Waals surface area contributed by atoms with E-state index >= 15 is 0 Å². The van der Waals surface area contributed by atoms with E-state index in [0.29, 0.717) is 41.6 Å². The minimum absolute atomic E-state index is 0.196. The number of ketones is 1. The first-order chi connectivity index (χ1) is 19.2. The van der Waals surface area contributed by atoms with Crippen molar-refractivity contribution in [2.45, 2.75) is 63.2 Å². The monoisotopic (exact) mass is 584 g/mol. The molecule has 2 saturated carbocycles. The summed E-state index contributed by atoms with van der Waals surface area (Å²) in [5, 5.41) is 18.6. The number of benzene rings is 1. The fourth-order valence-corrected chi connectivity index (χ4v) is 7.14. The molecule has 12 heteroatoms. The summed E-state index contributed by atoms with van der Waals surface area (Å²) < 4.78 is 33.3. The van der Waals surface area contributed by atoms with Crippen molar-refractivity contribution < 1.29 is 27.2 Å². The number of carbonyl (C=O) groups is 1. The third-order valence-electron chi connectivity index (χ3n) is 8.02. The Kier molecular flexibility index (Phi) is 7.49. The smallest absolute Gasteiger partial charge is 0.333 e. The minimum atomic E-state index is -4.09. The molecular weight excluding hydrogens is 552 g/mol. The lowest BCUT2D eigenvalue weighted by Crippen LogP contribution is -2.24. The number of aliphatic hydroxyl groups excluding tert-OH is 1. The maximum absolute atomic E-state index is 13.7. The second-order valence-electron chi connectivity index (χ2n) is 10.9. The number of ether oxygens (including phenoxy) is 1. The van der Waals surface area contributed by atoms with Crippen LogP contribution in [0, 0.1) is 12.8 Å². The molecule has 0 radical (unpaired) electrons. The molecule has 4 N–H and O–H groups in total. The van der Waals surface area contributed by atoms with Gasteiger partial charge in [-0.1, -0.05) is 18.2 Å². The Bertz CT molecular complexity index is 1540. The number of fused-ring (bicyclic) bond motifs is 1. The molecule has 2 fully saturated rings. The van der Waals surface area contributed by atoms with Crippen LogP contribution in [0.15, 0.2) is 36.8 Å². The van der Waals surface area contributed by atoms with Gasteiger partial charge in [0.2, 0.25) is 5.78 Å². The number of nitrogens with zero attached hydrogens (tertiary/aromatic N) is 2. The minimum Gasteiger partial charge on any atom is -0.393 e. The number of aliphatic hydroxyl groups is 1. The molecular formula is C28H32N4O6S2. The number of nitrogens with one attached hydrogen (secondary N) is 1. The van der Waals surface area contributed by atoms with Gasteiger partial charge in [0, 0.05) is 23.0 Å². The highest BCUT2D eigenvalue weighted by atomic mass is 32.2. The van der Waals surface area contributed by atoms with E-state index in [4.69, 9.17) is 9.88 Å². The number of carbonyl (C=O) groups excluding carboxylic acids is 1. The predicted molar refractivity (Wildman–Crippen MR) is 150 cm³/mol. The number of rotatable bonds is 9. The van der Waals surface area contributed by atoms with E-state index in [1.165, 1.54) is 53.4 Å². The molecule has 1 aliphatic heterocycles. The van der Waals surface area contributed by atoms with Crippen LogP contribution in [0.1, 0.15) is 80.1 Å². The summed E-state index contributed by atoms with van der Waals surface area (Å²) in [6.45, 7) is 2.44. The molecule has 212 valence electrons. The van der Waals surface area contributed by atoms with Gasteiger partial charge in [-0.2, -0.15) is 8.42 Å². The van der Waals surface area contributed by atoms with Crippen LogP contribution in [0.25, 0.3) is 0 Å². The highest BCUT2D eigenvalue weighted by Gasteiger charge is 2.35. The normalized spacial score (nSPS) is 24.6. The predicted octanol–water partition coefficient (Wildman–Crippen LogP) is 3.39. The van der Waals surface area contributed by atoms with Crippen LogP contribution in [0.2, 0.25) is 0 Å². The molecule has 2 aliphatic carbocycles. The maximum Gasteiger partial charge on any atom is 0.333 e. The second-order valence-corrected chi connectivity index (χ2v) is 13.4. The zero-order chi connectivity index (χ0) is 28.0. The fraction of sp³-hybridized carbons (Fsp3) is 0.464. The summed E-state index contributed by atoms with van der Waals surface area (Å²) in [7, 11) is -4.09. The molecule has 0 saturated heterocycles. The van der Waals surface area contributed by atoms with Gasteiger partial charge in [-0.3, -0.25) is 8.98 Å². The average molecular weight is 585 g/mol. The Labute approximate surface area is 237 Å². The SMILES string of the molecule is Cc1sc(C(=O)c2cncnc2N[C@@H]2C[C@H](COS(N)(=O)=O)[C@@H](O)C2)cc1[C@@H]1OCCc2ccc(C3CC3)cc21. The molecule has 0 amide bonds. The number of hydrogen-bond donors (Lipinski definition) is 3. The number of aryl methyl sites for hydroxylation is 1. The zero-order valence-electron chi connectivity index (χ0n) is 22.1. The quantitative estimate of drug-likeness (QED) is 0.321. The topological polar surface area (TPSA) is 154 Å². The number of aromatic nitrogens is 2. The van der Waals surface area contributed by atoms with E-state index in [2.05, 4.69) is 37.7 Å². The van der Waals surface area contributed by atoms with E-state index in [-0.39, 0.29) is 24.5 Å². The van der Waals surface area contributed by atoms with Crippen LogP contribution in [0.4, 0.5) is 5.82 Å².